The zero-order chi connectivity index (χ0) is 15.1. The topological polar surface area (TPSA) is 29.5 Å². The van der Waals surface area contributed by atoms with E-state index in [-0.39, 0.29) is 11.9 Å². The summed E-state index contributed by atoms with van der Waals surface area (Å²) in [6.45, 7) is 4.88. The van der Waals surface area contributed by atoms with Crippen molar-refractivity contribution in [2.75, 3.05) is 19.0 Å². The summed E-state index contributed by atoms with van der Waals surface area (Å²) < 4.78 is 5.28. The van der Waals surface area contributed by atoms with Gasteiger partial charge in [0.25, 0.3) is 5.91 Å². The van der Waals surface area contributed by atoms with Crippen LogP contribution in [0.1, 0.15) is 37.0 Å². The summed E-state index contributed by atoms with van der Waals surface area (Å²) in [5, 5.41) is 1.32. The number of methoxy groups -OCH3 is 1. The van der Waals surface area contributed by atoms with Gasteiger partial charge in [-0.25, -0.2) is 0 Å². The van der Waals surface area contributed by atoms with Crippen LogP contribution < -0.4 is 4.74 Å². The number of amides is 1. The lowest BCUT2D eigenvalue weighted by Gasteiger charge is -2.30. The molecule has 0 aromatic heterocycles. The van der Waals surface area contributed by atoms with Crippen LogP contribution in [0, 0.1) is 0 Å². The maximum absolute atomic E-state index is 12.8. The van der Waals surface area contributed by atoms with Gasteiger partial charge in [0, 0.05) is 22.9 Å². The predicted octanol–water partition coefficient (Wildman–Crippen LogP) is 4.37. The highest BCUT2D eigenvalue weighted by Gasteiger charge is 2.24. The Kier molecular flexibility index (Phi) is 7.38. The van der Waals surface area contributed by atoms with Crippen LogP contribution in [-0.2, 0) is 0 Å². The first-order valence-corrected chi connectivity index (χ1v) is 8.29. The van der Waals surface area contributed by atoms with E-state index in [1.54, 1.807) is 25.3 Å². The van der Waals surface area contributed by atoms with Gasteiger partial charge in [0.1, 0.15) is 5.75 Å². The first kappa shape index (κ1) is 17.3. The lowest BCUT2D eigenvalue weighted by Crippen LogP contribution is -2.41. The number of carbonyl (C=O) groups is 1. The van der Waals surface area contributed by atoms with E-state index in [9.17, 15) is 4.79 Å². The van der Waals surface area contributed by atoms with Gasteiger partial charge in [-0.05, 0) is 31.0 Å². The van der Waals surface area contributed by atoms with E-state index < -0.39 is 0 Å². The fourth-order valence-electron chi connectivity index (χ4n) is 2.27. The van der Waals surface area contributed by atoms with Gasteiger partial charge in [-0.2, -0.15) is 0 Å². The molecule has 3 nitrogen and oxygen atoms in total. The van der Waals surface area contributed by atoms with E-state index in [0.717, 1.165) is 18.2 Å². The molecule has 20 heavy (non-hydrogen) atoms. The summed E-state index contributed by atoms with van der Waals surface area (Å²) in [4.78, 5) is 14.7. The molecule has 0 N–H and O–H groups in total. The number of hydrogen-bond acceptors (Lipinski definition) is 2. The van der Waals surface area contributed by atoms with Crippen molar-refractivity contribution in [1.82, 2.24) is 4.90 Å². The second-order valence-electron chi connectivity index (χ2n) is 4.50. The third-order valence-corrected chi connectivity index (χ3v) is 3.95. The summed E-state index contributed by atoms with van der Waals surface area (Å²) >= 11 is 9.36. The van der Waals surface area contributed by atoms with Crippen LogP contribution in [-0.4, -0.2) is 35.8 Å². The van der Waals surface area contributed by atoms with Crippen LogP contribution in [0.5, 0.6) is 5.75 Å². The smallest absolute Gasteiger partial charge is 0.257 e. The van der Waals surface area contributed by atoms with Gasteiger partial charge in [-0.1, -0.05) is 41.4 Å². The Morgan fingerprint density at radius 1 is 1.40 bits per heavy atom. The van der Waals surface area contributed by atoms with Crippen molar-refractivity contribution < 1.29 is 9.53 Å². The molecule has 0 radical (unpaired) electrons. The van der Waals surface area contributed by atoms with Crippen molar-refractivity contribution in [3.05, 3.63) is 28.8 Å². The van der Waals surface area contributed by atoms with Crippen molar-refractivity contribution >= 4 is 33.4 Å². The van der Waals surface area contributed by atoms with Crippen LogP contribution >= 0.6 is 27.5 Å². The third-order valence-electron chi connectivity index (χ3n) is 3.36. The maximum atomic E-state index is 12.8. The molecule has 0 atom stereocenters. The molecule has 0 spiro atoms. The van der Waals surface area contributed by atoms with Gasteiger partial charge in [0.05, 0.1) is 12.7 Å². The number of nitrogens with zero attached hydrogens (tertiary/aromatic N) is 1. The molecule has 5 heteroatoms. The molecule has 0 unspecified atom stereocenters. The van der Waals surface area contributed by atoms with E-state index in [0.29, 0.717) is 22.9 Å². The molecule has 0 aliphatic rings. The van der Waals surface area contributed by atoms with E-state index in [2.05, 4.69) is 29.8 Å². The second-order valence-corrected chi connectivity index (χ2v) is 5.73. The number of ether oxygens (including phenoxy) is 1. The number of benzene rings is 1. The lowest BCUT2D eigenvalue weighted by molar-refractivity contribution is 0.0679. The Labute approximate surface area is 134 Å². The molecular weight excluding hydrogens is 342 g/mol. The summed E-state index contributed by atoms with van der Waals surface area (Å²) in [5.74, 6) is 0.514. The molecule has 0 saturated heterocycles. The molecule has 0 bridgehead atoms. The normalized spacial score (nSPS) is 10.7. The second kappa shape index (κ2) is 8.53. The Morgan fingerprint density at radius 3 is 2.55 bits per heavy atom. The largest absolute Gasteiger partial charge is 0.496 e. The fraction of sp³-hybridized carbons (Fsp3) is 0.533. The Balaban J connectivity index is 3.11. The first-order chi connectivity index (χ1) is 9.58. The molecule has 1 aromatic rings. The quantitative estimate of drug-likeness (QED) is 0.674. The van der Waals surface area contributed by atoms with Gasteiger partial charge < -0.3 is 9.64 Å². The minimum Gasteiger partial charge on any atom is -0.496 e. The summed E-state index contributed by atoms with van der Waals surface area (Å²) in [6.07, 6.45) is 1.87. The van der Waals surface area contributed by atoms with Crippen molar-refractivity contribution in [3.63, 3.8) is 0 Å². The molecule has 1 aromatic carbocycles. The maximum Gasteiger partial charge on any atom is 0.257 e. The zero-order valence-corrected chi connectivity index (χ0v) is 14.5. The van der Waals surface area contributed by atoms with E-state index in [4.69, 9.17) is 16.3 Å². The van der Waals surface area contributed by atoms with Crippen LogP contribution in [0.15, 0.2) is 18.2 Å². The van der Waals surface area contributed by atoms with E-state index >= 15 is 0 Å². The summed E-state index contributed by atoms with van der Waals surface area (Å²) in [5.41, 5.74) is 0.560. The predicted molar refractivity (Wildman–Crippen MR) is 87.2 cm³/mol. The number of rotatable bonds is 7. The fourth-order valence-corrected chi connectivity index (χ4v) is 2.81. The first-order valence-electron chi connectivity index (χ1n) is 6.79. The number of alkyl halides is 1. The van der Waals surface area contributed by atoms with Crippen molar-refractivity contribution in [2.24, 2.45) is 0 Å². The average molecular weight is 363 g/mol. The summed E-state index contributed by atoms with van der Waals surface area (Å²) in [6, 6.07) is 5.36. The Hall–Kier alpha value is -0.740. The number of hydrogen-bond donors (Lipinski definition) is 0. The minimum absolute atomic E-state index is 0.00772. The van der Waals surface area contributed by atoms with Gasteiger partial charge in [0.15, 0.2) is 0 Å². The highest BCUT2D eigenvalue weighted by atomic mass is 79.9. The van der Waals surface area contributed by atoms with Crippen LogP contribution in [0.4, 0.5) is 0 Å². The van der Waals surface area contributed by atoms with Crippen molar-refractivity contribution in [3.8, 4) is 5.75 Å². The van der Waals surface area contributed by atoms with Crippen LogP contribution in [0.25, 0.3) is 0 Å². The third kappa shape index (κ3) is 4.13. The highest BCUT2D eigenvalue weighted by molar-refractivity contribution is 9.09. The van der Waals surface area contributed by atoms with Crippen LogP contribution in [0.2, 0.25) is 5.02 Å². The van der Waals surface area contributed by atoms with Gasteiger partial charge in [-0.3, -0.25) is 4.79 Å². The van der Waals surface area contributed by atoms with E-state index in [1.165, 1.54) is 0 Å². The SMILES string of the molecule is CCC(CC)N(CCBr)C(=O)c1ccc(Cl)cc1OC. The molecule has 0 aliphatic carbocycles. The number of carbonyl (C=O) groups excluding carboxylic acids is 1. The molecule has 0 saturated carbocycles. The standard InChI is InChI=1S/C15H21BrClNO2/c1-4-12(5-2)18(9-8-16)15(19)13-7-6-11(17)10-14(13)20-3/h6-7,10,12H,4-5,8-9H2,1-3H3. The van der Waals surface area contributed by atoms with E-state index in [1.807, 2.05) is 4.90 Å². The molecule has 1 rings (SSSR count). The van der Waals surface area contributed by atoms with Gasteiger partial charge in [0.2, 0.25) is 0 Å². The molecule has 0 fully saturated rings. The average Bonchev–Trinajstić information content (AvgIpc) is 2.46. The molecule has 0 aliphatic heterocycles. The highest BCUT2D eigenvalue weighted by Crippen LogP contribution is 2.25. The van der Waals surface area contributed by atoms with Crippen molar-refractivity contribution in [1.29, 1.82) is 0 Å². The van der Waals surface area contributed by atoms with Gasteiger partial charge in [-0.15, -0.1) is 0 Å². The van der Waals surface area contributed by atoms with Gasteiger partial charge >= 0.3 is 0 Å². The monoisotopic (exact) mass is 361 g/mol. The Bertz CT molecular complexity index is 449. The van der Waals surface area contributed by atoms with Crippen LogP contribution in [0.3, 0.4) is 0 Å². The molecule has 0 heterocycles. The molecular formula is C15H21BrClNO2. The minimum atomic E-state index is -0.00772. The molecule has 112 valence electrons. The zero-order valence-electron chi connectivity index (χ0n) is 12.2. The summed E-state index contributed by atoms with van der Waals surface area (Å²) in [7, 11) is 1.55. The van der Waals surface area contributed by atoms with Crippen molar-refractivity contribution in [2.45, 2.75) is 32.7 Å². The molecule has 1 amide bonds. The lowest BCUT2D eigenvalue weighted by atomic mass is 10.1. The number of halogens is 2. The Morgan fingerprint density at radius 2 is 2.05 bits per heavy atom.